The van der Waals surface area contributed by atoms with Gasteiger partial charge < -0.3 is 4.79 Å². The third-order valence-electron chi connectivity index (χ3n) is 0.182. The van der Waals surface area contributed by atoms with E-state index in [1.165, 1.54) is 13.5 Å². The van der Waals surface area contributed by atoms with Crippen LogP contribution < -0.4 is 0 Å². The summed E-state index contributed by atoms with van der Waals surface area (Å²) in [6.07, 6.45) is 0. The molecule has 5 heavy (non-hydrogen) atoms. The highest BCUT2D eigenvalue weighted by Crippen LogP contribution is 1.65. The minimum Gasteiger partial charge on any atom is -0.311 e. The van der Waals surface area contributed by atoms with E-state index in [4.69, 9.17) is 0 Å². The van der Waals surface area contributed by atoms with Crippen molar-refractivity contribution in [3.05, 3.63) is 0 Å². The van der Waals surface area contributed by atoms with Crippen LogP contribution in [0, 0.1) is 0 Å². The molecule has 0 aromatic carbocycles. The van der Waals surface area contributed by atoms with Gasteiger partial charge in [0.05, 0.1) is 5.68 Å². The predicted molar refractivity (Wildman–Crippen MR) is 25.4 cm³/mol. The maximum absolute atomic E-state index is 9.68. The molecule has 0 N–H and O–H groups in total. The third-order valence-corrected chi connectivity index (χ3v) is 0.545. The zero-order chi connectivity index (χ0) is 4.28. The molecule has 0 aromatic heterocycles. The standard InChI is InChI=1S/C2H4BOS/c1-2(4)3-5/h5H,1H3. The molecule has 0 rings (SSSR count). The highest BCUT2D eigenvalue weighted by molar-refractivity contribution is 8.09. The van der Waals surface area contributed by atoms with E-state index in [1.807, 2.05) is 0 Å². The van der Waals surface area contributed by atoms with Crippen LogP contribution >= 0.6 is 12.5 Å². The fourth-order valence-electron chi connectivity index (χ4n) is 0. The molecule has 0 spiro atoms. The van der Waals surface area contributed by atoms with Crippen LogP contribution in [0.15, 0.2) is 0 Å². The molecule has 0 saturated heterocycles. The van der Waals surface area contributed by atoms with Crippen LogP contribution in [-0.2, 0) is 4.79 Å². The lowest BCUT2D eigenvalue weighted by Gasteiger charge is -1.67. The normalized spacial score (nSPS) is 6.80. The van der Waals surface area contributed by atoms with E-state index in [0.29, 0.717) is 0 Å². The Morgan fingerprint density at radius 3 is 2.20 bits per heavy atom. The molecule has 3 heteroatoms. The summed E-state index contributed by atoms with van der Waals surface area (Å²) in [6.45, 7) is 2.67. The Morgan fingerprint density at radius 1 is 2.00 bits per heavy atom. The Kier molecular flexibility index (Phi) is 2.37. The van der Waals surface area contributed by atoms with Crippen LogP contribution in [0.2, 0.25) is 0 Å². The first-order chi connectivity index (χ1) is 2.27. The van der Waals surface area contributed by atoms with Gasteiger partial charge in [0.25, 0.3) is 6.56 Å². The lowest BCUT2D eigenvalue weighted by Crippen LogP contribution is -1.92. The minimum atomic E-state index is -0.00617. The van der Waals surface area contributed by atoms with Gasteiger partial charge in [-0.2, -0.15) is 0 Å². The van der Waals surface area contributed by atoms with Crippen LogP contribution in [0.3, 0.4) is 0 Å². The van der Waals surface area contributed by atoms with Crippen LogP contribution in [-0.4, -0.2) is 12.2 Å². The molecule has 1 nitrogen and oxygen atoms in total. The molecule has 0 aromatic rings. The molecule has 0 amide bonds. The molecule has 27 valence electrons. The summed E-state index contributed by atoms with van der Waals surface area (Å²) in [7, 11) is 0. The fraction of sp³-hybridized carbons (Fsp3) is 0.500. The second-order valence-corrected chi connectivity index (χ2v) is 0.998. The van der Waals surface area contributed by atoms with E-state index < -0.39 is 0 Å². The van der Waals surface area contributed by atoms with Crippen LogP contribution in [0.25, 0.3) is 0 Å². The Bertz CT molecular complexity index is 44.9. The topological polar surface area (TPSA) is 17.1 Å². The average molecular weight is 86.9 g/mol. The summed E-state index contributed by atoms with van der Waals surface area (Å²) in [5.41, 5.74) is -0.00617. The monoisotopic (exact) mass is 87.0 g/mol. The Morgan fingerprint density at radius 2 is 2.20 bits per heavy atom. The van der Waals surface area contributed by atoms with Crippen molar-refractivity contribution in [3.63, 3.8) is 0 Å². The smallest absolute Gasteiger partial charge is 0.274 e. The molecular formula is C2H4BOS. The number of rotatable bonds is 1. The van der Waals surface area contributed by atoms with Gasteiger partial charge in [-0.05, 0) is 6.92 Å². The lowest BCUT2D eigenvalue weighted by molar-refractivity contribution is -0.109. The summed E-state index contributed by atoms with van der Waals surface area (Å²) < 4.78 is 0. The Balaban J connectivity index is 2.85. The van der Waals surface area contributed by atoms with Gasteiger partial charge in [0.15, 0.2) is 0 Å². The quantitative estimate of drug-likeness (QED) is 0.354. The molecule has 0 saturated carbocycles. The van der Waals surface area contributed by atoms with E-state index in [-0.39, 0.29) is 5.68 Å². The third kappa shape index (κ3) is 4.08. The number of carbonyl (C=O) groups is 1. The van der Waals surface area contributed by atoms with Gasteiger partial charge in [0.1, 0.15) is 0 Å². The summed E-state index contributed by atoms with van der Waals surface area (Å²) in [5, 5.41) is 0. The van der Waals surface area contributed by atoms with Gasteiger partial charge >= 0.3 is 0 Å². The maximum Gasteiger partial charge on any atom is 0.274 e. The first-order valence-electron chi connectivity index (χ1n) is 1.25. The number of thiol groups is 1. The fourth-order valence-corrected chi connectivity index (χ4v) is 0. The van der Waals surface area contributed by atoms with Gasteiger partial charge in [0, 0.05) is 0 Å². The van der Waals surface area contributed by atoms with Crippen molar-refractivity contribution in [1.29, 1.82) is 0 Å². The highest BCUT2D eigenvalue weighted by atomic mass is 32.1. The average Bonchev–Trinajstić information content (AvgIpc) is 1.38. The molecule has 0 aliphatic heterocycles. The van der Waals surface area contributed by atoms with Crippen molar-refractivity contribution in [2.24, 2.45) is 0 Å². The predicted octanol–water partition coefficient (Wildman–Crippen LogP) is 0.0819. The van der Waals surface area contributed by atoms with E-state index in [0.717, 1.165) is 0 Å². The zero-order valence-corrected chi connectivity index (χ0v) is 3.83. The molecule has 0 fully saturated rings. The molecular weight excluding hydrogens is 82.9 g/mol. The van der Waals surface area contributed by atoms with Crippen LogP contribution in [0.4, 0.5) is 0 Å². The largest absolute Gasteiger partial charge is 0.311 e. The van der Waals surface area contributed by atoms with Crippen LogP contribution in [0.1, 0.15) is 6.92 Å². The van der Waals surface area contributed by atoms with Crippen molar-refractivity contribution in [2.75, 3.05) is 0 Å². The minimum absolute atomic E-state index is 0.00617. The second-order valence-electron chi connectivity index (χ2n) is 0.740. The molecule has 0 aliphatic carbocycles. The Hall–Kier alpha value is 0.0849. The van der Waals surface area contributed by atoms with Crippen LogP contribution in [0.5, 0.6) is 0 Å². The number of carbonyl (C=O) groups excluding carboxylic acids is 1. The summed E-state index contributed by atoms with van der Waals surface area (Å²) >= 11 is 3.54. The summed E-state index contributed by atoms with van der Waals surface area (Å²) in [4.78, 5) is 9.68. The molecule has 0 heterocycles. The van der Waals surface area contributed by atoms with Gasteiger partial charge in [-0.25, -0.2) is 12.5 Å². The van der Waals surface area contributed by atoms with Gasteiger partial charge in [-0.3, -0.25) is 0 Å². The molecule has 1 radical (unpaired) electrons. The number of hydrogen-bond donors (Lipinski definition) is 1. The van der Waals surface area contributed by atoms with E-state index in [9.17, 15) is 4.79 Å². The summed E-state index contributed by atoms with van der Waals surface area (Å²) in [5.74, 6) is 0. The van der Waals surface area contributed by atoms with Crippen molar-refractivity contribution in [3.8, 4) is 0 Å². The lowest BCUT2D eigenvalue weighted by atomic mass is 10.0. The van der Waals surface area contributed by atoms with Gasteiger partial charge in [0.2, 0.25) is 0 Å². The van der Waals surface area contributed by atoms with E-state index in [2.05, 4.69) is 12.5 Å². The van der Waals surface area contributed by atoms with Crippen molar-refractivity contribution in [1.82, 2.24) is 0 Å². The first-order valence-corrected chi connectivity index (χ1v) is 1.77. The second kappa shape index (κ2) is 2.33. The SMILES string of the molecule is CC(=O)[B]S. The molecule has 0 aliphatic rings. The van der Waals surface area contributed by atoms with E-state index in [1.54, 1.807) is 0 Å². The van der Waals surface area contributed by atoms with E-state index >= 15 is 0 Å². The molecule has 0 unspecified atom stereocenters. The van der Waals surface area contributed by atoms with Crippen molar-refractivity contribution in [2.45, 2.75) is 6.92 Å². The van der Waals surface area contributed by atoms with Gasteiger partial charge in [-0.15, -0.1) is 0 Å². The maximum atomic E-state index is 9.68. The molecule has 0 bridgehead atoms. The number of hydrogen-bond acceptors (Lipinski definition) is 2. The van der Waals surface area contributed by atoms with Crippen molar-refractivity contribution < 1.29 is 4.79 Å². The van der Waals surface area contributed by atoms with Crippen molar-refractivity contribution >= 4 is 24.7 Å². The zero-order valence-electron chi connectivity index (χ0n) is 2.93. The first kappa shape index (κ1) is 5.08. The summed E-state index contributed by atoms with van der Waals surface area (Å²) in [6, 6.07) is 0. The Labute approximate surface area is 37.3 Å². The molecule has 0 atom stereocenters. The highest BCUT2D eigenvalue weighted by Gasteiger charge is 1.82. The van der Waals surface area contributed by atoms with Gasteiger partial charge in [-0.1, -0.05) is 0 Å².